The average Bonchev–Trinajstić information content (AvgIpc) is 2.81. The van der Waals surface area contributed by atoms with Crippen LogP contribution in [0.2, 0.25) is 10.0 Å². The largest absolute Gasteiger partial charge is 0.382 e. The van der Waals surface area contributed by atoms with E-state index < -0.39 is 0 Å². The van der Waals surface area contributed by atoms with Crippen molar-refractivity contribution < 1.29 is 0 Å². The fourth-order valence-corrected chi connectivity index (χ4v) is 3.31. The molecule has 8 heteroatoms. The third-order valence-electron chi connectivity index (χ3n) is 2.83. The van der Waals surface area contributed by atoms with Crippen molar-refractivity contribution >= 4 is 51.9 Å². The first-order valence-electron chi connectivity index (χ1n) is 6.01. The molecule has 21 heavy (non-hydrogen) atoms. The van der Waals surface area contributed by atoms with E-state index in [0.29, 0.717) is 32.2 Å². The lowest BCUT2D eigenvalue weighted by molar-refractivity contribution is 0.842. The Bertz CT molecular complexity index is 818. The van der Waals surface area contributed by atoms with Gasteiger partial charge in [0.25, 0.3) is 0 Å². The third kappa shape index (κ3) is 2.66. The number of fused-ring (bicyclic) bond motifs is 1. The summed E-state index contributed by atoms with van der Waals surface area (Å²) in [6, 6.07) is 5.33. The number of aromatic nitrogens is 4. The summed E-state index contributed by atoms with van der Waals surface area (Å²) in [6.07, 6.45) is 1.42. The van der Waals surface area contributed by atoms with Gasteiger partial charge in [-0.2, -0.15) is 0 Å². The first-order chi connectivity index (χ1) is 10.1. The van der Waals surface area contributed by atoms with Crippen LogP contribution in [-0.4, -0.2) is 19.5 Å². The second kappa shape index (κ2) is 5.71. The Morgan fingerprint density at radius 2 is 2.10 bits per heavy atom. The van der Waals surface area contributed by atoms with E-state index in [1.54, 1.807) is 12.1 Å². The number of halogens is 2. The number of nitrogen functional groups attached to an aromatic ring is 1. The lowest BCUT2D eigenvalue weighted by atomic mass is 10.4. The molecular formula is C13H10Cl2N5S. The van der Waals surface area contributed by atoms with Crippen molar-refractivity contribution in [2.45, 2.75) is 17.0 Å². The average molecular weight is 339 g/mol. The van der Waals surface area contributed by atoms with Crippen LogP contribution in [0.3, 0.4) is 0 Å². The molecule has 1 radical (unpaired) electrons. The van der Waals surface area contributed by atoms with E-state index in [1.165, 1.54) is 18.1 Å². The maximum absolute atomic E-state index is 6.20. The van der Waals surface area contributed by atoms with E-state index in [2.05, 4.69) is 15.0 Å². The summed E-state index contributed by atoms with van der Waals surface area (Å²) in [5, 5.41) is 1.88. The van der Waals surface area contributed by atoms with Crippen LogP contribution in [0.25, 0.3) is 11.2 Å². The standard InChI is InChI=1S/C13H10Cl2N5S/c1-2-20-12-10(11(16)17-6-18-12)19-13(20)21-9-4-3-7(14)5-8(9)15/h2-6H,1H3,(H2,16,17,18). The van der Waals surface area contributed by atoms with Crippen molar-refractivity contribution in [2.75, 3.05) is 5.73 Å². The molecule has 0 atom stereocenters. The summed E-state index contributed by atoms with van der Waals surface area (Å²) in [6.45, 7) is 3.76. The molecule has 2 N–H and O–H groups in total. The highest BCUT2D eigenvalue weighted by Crippen LogP contribution is 2.36. The van der Waals surface area contributed by atoms with Crippen molar-refractivity contribution in [1.82, 2.24) is 19.5 Å². The molecule has 3 aromatic rings. The Morgan fingerprint density at radius 1 is 1.29 bits per heavy atom. The highest BCUT2D eigenvalue weighted by Gasteiger charge is 2.16. The molecule has 0 aliphatic carbocycles. The van der Waals surface area contributed by atoms with Gasteiger partial charge >= 0.3 is 0 Å². The van der Waals surface area contributed by atoms with Gasteiger partial charge in [-0.1, -0.05) is 23.2 Å². The summed E-state index contributed by atoms with van der Waals surface area (Å²) >= 11 is 13.5. The van der Waals surface area contributed by atoms with Crippen LogP contribution in [0.5, 0.6) is 0 Å². The van der Waals surface area contributed by atoms with E-state index >= 15 is 0 Å². The van der Waals surface area contributed by atoms with Gasteiger partial charge in [-0.25, -0.2) is 15.0 Å². The van der Waals surface area contributed by atoms with E-state index in [9.17, 15) is 0 Å². The fraction of sp³-hybridized carbons (Fsp3) is 0.0769. The monoisotopic (exact) mass is 338 g/mol. The SMILES string of the molecule is C[CH]n1c(Sc2ccc(Cl)cc2Cl)nc2c(N)ncnc21. The maximum Gasteiger partial charge on any atom is 0.175 e. The molecule has 1 aromatic carbocycles. The molecule has 0 saturated heterocycles. The molecule has 2 heterocycles. The van der Waals surface area contributed by atoms with Gasteiger partial charge in [0, 0.05) is 9.92 Å². The van der Waals surface area contributed by atoms with Crippen LogP contribution in [0, 0.1) is 6.54 Å². The first kappa shape index (κ1) is 14.4. The number of nitrogens with zero attached hydrogens (tertiary/aromatic N) is 4. The lowest BCUT2D eigenvalue weighted by Crippen LogP contribution is -1.97. The number of hydrogen-bond donors (Lipinski definition) is 1. The second-order valence-corrected chi connectivity index (χ2v) is 5.98. The Labute approximate surface area is 135 Å². The minimum Gasteiger partial charge on any atom is -0.382 e. The topological polar surface area (TPSA) is 69.6 Å². The van der Waals surface area contributed by atoms with Gasteiger partial charge in [-0.3, -0.25) is 4.57 Å². The molecule has 2 aromatic heterocycles. The number of rotatable bonds is 3. The van der Waals surface area contributed by atoms with Crippen molar-refractivity contribution in [3.63, 3.8) is 0 Å². The fourth-order valence-electron chi connectivity index (χ4n) is 1.87. The molecule has 0 spiro atoms. The van der Waals surface area contributed by atoms with E-state index in [-0.39, 0.29) is 0 Å². The summed E-state index contributed by atoms with van der Waals surface area (Å²) in [4.78, 5) is 13.5. The number of imidazole rings is 1. The molecule has 0 fully saturated rings. The highest BCUT2D eigenvalue weighted by atomic mass is 35.5. The van der Waals surface area contributed by atoms with Gasteiger partial charge in [0.15, 0.2) is 22.1 Å². The number of anilines is 1. The Morgan fingerprint density at radius 3 is 2.81 bits per heavy atom. The van der Waals surface area contributed by atoms with Crippen LogP contribution in [0.4, 0.5) is 5.82 Å². The van der Waals surface area contributed by atoms with E-state index in [1.807, 2.05) is 24.1 Å². The van der Waals surface area contributed by atoms with Gasteiger partial charge in [-0.05, 0) is 36.9 Å². The predicted octanol–water partition coefficient (Wildman–Crippen LogP) is 3.90. The van der Waals surface area contributed by atoms with Gasteiger partial charge in [0.2, 0.25) is 0 Å². The Hall–Kier alpha value is -1.50. The number of nitrogens with two attached hydrogens (primary N) is 1. The van der Waals surface area contributed by atoms with E-state index in [0.717, 1.165) is 4.90 Å². The quantitative estimate of drug-likeness (QED) is 0.784. The summed E-state index contributed by atoms with van der Waals surface area (Å²) < 4.78 is 1.85. The smallest absolute Gasteiger partial charge is 0.175 e. The molecule has 3 rings (SSSR count). The number of benzene rings is 1. The molecule has 0 aliphatic heterocycles. The summed E-state index contributed by atoms with van der Waals surface area (Å²) in [5.41, 5.74) is 7.08. The van der Waals surface area contributed by atoms with Gasteiger partial charge in [0.1, 0.15) is 6.33 Å². The Kier molecular flexibility index (Phi) is 3.93. The summed E-state index contributed by atoms with van der Waals surface area (Å²) in [7, 11) is 0. The molecule has 0 saturated carbocycles. The van der Waals surface area contributed by atoms with Crippen molar-refractivity contribution in [3.8, 4) is 0 Å². The summed E-state index contributed by atoms with van der Waals surface area (Å²) in [5.74, 6) is 0.352. The molecule has 0 bridgehead atoms. The predicted molar refractivity (Wildman–Crippen MR) is 85.7 cm³/mol. The molecular weight excluding hydrogens is 329 g/mol. The zero-order valence-electron chi connectivity index (χ0n) is 10.9. The molecule has 0 amide bonds. The van der Waals surface area contributed by atoms with Crippen LogP contribution in [0.1, 0.15) is 6.92 Å². The maximum atomic E-state index is 6.20. The highest BCUT2D eigenvalue weighted by molar-refractivity contribution is 7.99. The number of hydrogen-bond acceptors (Lipinski definition) is 5. The molecule has 5 nitrogen and oxygen atoms in total. The zero-order valence-corrected chi connectivity index (χ0v) is 13.2. The molecule has 0 unspecified atom stereocenters. The third-order valence-corrected chi connectivity index (χ3v) is 4.53. The van der Waals surface area contributed by atoms with Gasteiger partial charge in [0.05, 0.1) is 11.6 Å². The van der Waals surface area contributed by atoms with Crippen LogP contribution in [0.15, 0.2) is 34.6 Å². The van der Waals surface area contributed by atoms with Crippen LogP contribution in [-0.2, 0) is 0 Å². The normalized spacial score (nSPS) is 11.2. The first-order valence-corrected chi connectivity index (χ1v) is 7.58. The van der Waals surface area contributed by atoms with Crippen molar-refractivity contribution in [3.05, 3.63) is 41.1 Å². The molecule has 107 valence electrons. The Balaban J connectivity index is 2.10. The molecule has 0 aliphatic rings. The zero-order chi connectivity index (χ0) is 15.0. The van der Waals surface area contributed by atoms with Gasteiger partial charge < -0.3 is 5.73 Å². The van der Waals surface area contributed by atoms with Crippen molar-refractivity contribution in [1.29, 1.82) is 0 Å². The minimum atomic E-state index is 0.352. The minimum absolute atomic E-state index is 0.352. The van der Waals surface area contributed by atoms with E-state index in [4.69, 9.17) is 28.9 Å². The van der Waals surface area contributed by atoms with Crippen molar-refractivity contribution in [2.24, 2.45) is 0 Å². The van der Waals surface area contributed by atoms with Gasteiger partial charge in [-0.15, -0.1) is 0 Å². The van der Waals surface area contributed by atoms with Crippen LogP contribution < -0.4 is 5.73 Å². The second-order valence-electron chi connectivity index (χ2n) is 4.13. The van der Waals surface area contributed by atoms with Crippen LogP contribution >= 0.6 is 35.0 Å². The lowest BCUT2D eigenvalue weighted by Gasteiger charge is -2.06.